The third-order valence-electron chi connectivity index (χ3n) is 3.30. The van der Waals surface area contributed by atoms with Crippen molar-refractivity contribution in [3.05, 3.63) is 24.4 Å². The van der Waals surface area contributed by atoms with Crippen LogP contribution in [-0.2, 0) is 4.74 Å². The van der Waals surface area contributed by atoms with Gasteiger partial charge in [0.05, 0.1) is 0 Å². The first-order valence-electron chi connectivity index (χ1n) is 6.17. The number of ether oxygens (including phenoxy) is 1. The first kappa shape index (κ1) is 14.1. The Morgan fingerprint density at radius 1 is 1.41 bits per heavy atom. The molecule has 1 heterocycles. The van der Waals surface area contributed by atoms with Gasteiger partial charge >= 0.3 is 0 Å². The molecule has 17 heavy (non-hydrogen) atoms. The molecule has 3 heteroatoms. The van der Waals surface area contributed by atoms with Gasteiger partial charge in [0.15, 0.2) is 0 Å². The van der Waals surface area contributed by atoms with E-state index in [1.165, 1.54) is 0 Å². The third-order valence-corrected chi connectivity index (χ3v) is 3.30. The maximum absolute atomic E-state index is 10.4. The molecule has 0 saturated carbocycles. The number of hydrogen-bond acceptors (Lipinski definition) is 3. The minimum atomic E-state index is -0.794. The summed E-state index contributed by atoms with van der Waals surface area (Å²) in [7, 11) is 0. The molecule has 0 aromatic carbocycles. The number of allylic oxidation sites excluding steroid dienone is 2. The molecule has 1 saturated heterocycles. The highest BCUT2D eigenvalue weighted by atomic mass is 16.5. The third kappa shape index (κ3) is 3.79. The zero-order valence-electron chi connectivity index (χ0n) is 11.1. The average molecular weight is 237 g/mol. The summed E-state index contributed by atoms with van der Waals surface area (Å²) in [4.78, 5) is 4.39. The van der Waals surface area contributed by atoms with Gasteiger partial charge < -0.3 is 9.84 Å². The molecule has 1 aliphatic heterocycles. The molecular weight excluding hydrogens is 214 g/mol. The van der Waals surface area contributed by atoms with Gasteiger partial charge in [-0.2, -0.15) is 0 Å². The maximum atomic E-state index is 10.4. The molecular formula is C14H23NO2. The Labute approximate surface area is 104 Å². The van der Waals surface area contributed by atoms with Crippen LogP contribution in [0, 0.1) is 5.92 Å². The van der Waals surface area contributed by atoms with Crippen LogP contribution in [0.25, 0.3) is 0 Å². The van der Waals surface area contributed by atoms with Crippen LogP contribution >= 0.6 is 0 Å². The van der Waals surface area contributed by atoms with Crippen molar-refractivity contribution in [3.8, 4) is 0 Å². The zero-order chi connectivity index (χ0) is 12.9. The fourth-order valence-corrected chi connectivity index (χ4v) is 1.80. The van der Waals surface area contributed by atoms with E-state index in [2.05, 4.69) is 25.4 Å². The van der Waals surface area contributed by atoms with Crippen LogP contribution in [0.1, 0.15) is 33.6 Å². The Morgan fingerprint density at radius 2 is 2.00 bits per heavy atom. The van der Waals surface area contributed by atoms with Gasteiger partial charge in [-0.1, -0.05) is 26.5 Å². The van der Waals surface area contributed by atoms with Crippen molar-refractivity contribution in [2.24, 2.45) is 10.9 Å². The summed E-state index contributed by atoms with van der Waals surface area (Å²) in [6.45, 7) is 11.1. The number of nitrogens with zero attached hydrogens (tertiary/aromatic N) is 1. The van der Waals surface area contributed by atoms with Crippen LogP contribution in [-0.4, -0.2) is 29.6 Å². The van der Waals surface area contributed by atoms with E-state index in [-0.39, 0.29) is 0 Å². The van der Waals surface area contributed by atoms with Crippen LogP contribution in [0.2, 0.25) is 0 Å². The number of hydrogen-bond donors (Lipinski definition) is 1. The van der Waals surface area contributed by atoms with Crippen molar-refractivity contribution in [2.75, 3.05) is 13.2 Å². The molecule has 0 aromatic rings. The van der Waals surface area contributed by atoms with Crippen molar-refractivity contribution in [1.82, 2.24) is 0 Å². The highest BCUT2D eigenvalue weighted by molar-refractivity contribution is 5.90. The Bertz CT molecular complexity index is 323. The molecule has 0 bridgehead atoms. The Morgan fingerprint density at radius 3 is 2.47 bits per heavy atom. The van der Waals surface area contributed by atoms with E-state index in [0.29, 0.717) is 32.0 Å². The summed E-state index contributed by atoms with van der Waals surface area (Å²) in [6, 6.07) is 0. The SMILES string of the molecule is C=C/C(=C\N=C(C)C1(O)CCOCC1)C(C)C. The van der Waals surface area contributed by atoms with Crippen LogP contribution < -0.4 is 0 Å². The van der Waals surface area contributed by atoms with E-state index in [9.17, 15) is 5.11 Å². The second kappa shape index (κ2) is 6.12. The second-order valence-corrected chi connectivity index (χ2v) is 4.85. The Kier molecular flexibility index (Phi) is 5.09. The molecule has 0 radical (unpaired) electrons. The fraction of sp³-hybridized carbons (Fsp3) is 0.643. The summed E-state index contributed by atoms with van der Waals surface area (Å²) >= 11 is 0. The minimum absolute atomic E-state index is 0.397. The lowest BCUT2D eigenvalue weighted by molar-refractivity contribution is -0.0202. The van der Waals surface area contributed by atoms with Gasteiger partial charge in [-0.3, -0.25) is 4.99 Å². The average Bonchev–Trinajstić information content (AvgIpc) is 2.30. The van der Waals surface area contributed by atoms with Gasteiger partial charge in [0, 0.05) is 38.0 Å². The molecule has 0 amide bonds. The molecule has 3 nitrogen and oxygen atoms in total. The lowest BCUT2D eigenvalue weighted by atomic mass is 9.90. The lowest BCUT2D eigenvalue weighted by Crippen LogP contribution is -2.42. The van der Waals surface area contributed by atoms with Gasteiger partial charge in [0.1, 0.15) is 5.60 Å². The van der Waals surface area contributed by atoms with Crippen molar-refractivity contribution in [3.63, 3.8) is 0 Å². The Balaban J connectivity index is 2.80. The summed E-state index contributed by atoms with van der Waals surface area (Å²) < 4.78 is 5.25. The monoisotopic (exact) mass is 237 g/mol. The van der Waals surface area contributed by atoms with Gasteiger partial charge in [0.2, 0.25) is 0 Å². The van der Waals surface area contributed by atoms with Crippen LogP contribution in [0.4, 0.5) is 0 Å². The summed E-state index contributed by atoms with van der Waals surface area (Å²) in [6.07, 6.45) is 4.87. The highest BCUT2D eigenvalue weighted by Gasteiger charge is 2.32. The fourth-order valence-electron chi connectivity index (χ4n) is 1.80. The number of aliphatic hydroxyl groups is 1. The minimum Gasteiger partial charge on any atom is -0.384 e. The standard InChI is InChI=1S/C14H23NO2/c1-5-13(11(2)3)10-15-12(4)14(16)6-8-17-9-7-14/h5,10-11,16H,1,6-9H2,2-4H3/b13-10+,15-12?. The molecule has 0 atom stereocenters. The van der Waals surface area contributed by atoms with Crippen molar-refractivity contribution < 1.29 is 9.84 Å². The van der Waals surface area contributed by atoms with Crippen molar-refractivity contribution in [1.29, 1.82) is 0 Å². The first-order chi connectivity index (χ1) is 7.99. The predicted molar refractivity (Wildman–Crippen MR) is 71.2 cm³/mol. The van der Waals surface area contributed by atoms with Crippen molar-refractivity contribution >= 4 is 5.71 Å². The van der Waals surface area contributed by atoms with Crippen LogP contribution in [0.15, 0.2) is 29.4 Å². The molecule has 0 aromatic heterocycles. The summed E-state index contributed by atoms with van der Waals surface area (Å²) in [5.74, 6) is 0.397. The predicted octanol–water partition coefficient (Wildman–Crippen LogP) is 2.71. The largest absolute Gasteiger partial charge is 0.384 e. The van der Waals surface area contributed by atoms with Crippen LogP contribution in [0.3, 0.4) is 0 Å². The molecule has 1 N–H and O–H groups in total. The van der Waals surface area contributed by atoms with E-state index >= 15 is 0 Å². The molecule has 1 rings (SSSR count). The quantitative estimate of drug-likeness (QED) is 0.603. The van der Waals surface area contributed by atoms with Gasteiger partial charge in [-0.25, -0.2) is 0 Å². The normalized spacial score (nSPS) is 21.7. The first-order valence-corrected chi connectivity index (χ1v) is 6.17. The lowest BCUT2D eigenvalue weighted by Gasteiger charge is -2.31. The smallest absolute Gasteiger partial charge is 0.107 e. The van der Waals surface area contributed by atoms with Gasteiger partial charge in [0.25, 0.3) is 0 Å². The van der Waals surface area contributed by atoms with Gasteiger partial charge in [-0.15, -0.1) is 0 Å². The zero-order valence-corrected chi connectivity index (χ0v) is 11.1. The van der Waals surface area contributed by atoms with E-state index < -0.39 is 5.60 Å². The van der Waals surface area contributed by atoms with Gasteiger partial charge in [-0.05, 0) is 18.4 Å². The van der Waals surface area contributed by atoms with Crippen LogP contribution in [0.5, 0.6) is 0 Å². The molecule has 1 fully saturated rings. The molecule has 0 spiro atoms. The van der Waals surface area contributed by atoms with E-state index in [0.717, 1.165) is 11.3 Å². The topological polar surface area (TPSA) is 41.8 Å². The van der Waals surface area contributed by atoms with Crippen molar-refractivity contribution in [2.45, 2.75) is 39.2 Å². The maximum Gasteiger partial charge on any atom is 0.107 e. The number of rotatable bonds is 4. The molecule has 1 aliphatic rings. The molecule has 96 valence electrons. The summed E-state index contributed by atoms with van der Waals surface area (Å²) in [5, 5.41) is 10.4. The van der Waals surface area contributed by atoms with E-state index in [1.807, 2.05) is 13.0 Å². The summed E-state index contributed by atoms with van der Waals surface area (Å²) in [5.41, 5.74) is 1.05. The number of aliphatic imine (C=N–C) groups is 1. The molecule has 0 unspecified atom stereocenters. The highest BCUT2D eigenvalue weighted by Crippen LogP contribution is 2.22. The van der Waals surface area contributed by atoms with E-state index in [1.54, 1.807) is 6.20 Å². The second-order valence-electron chi connectivity index (χ2n) is 4.85. The van der Waals surface area contributed by atoms with E-state index in [4.69, 9.17) is 4.74 Å². The Hall–Kier alpha value is -0.930. The molecule has 0 aliphatic carbocycles.